The molecule has 1 aromatic rings. The number of carbonyl (C=O) groups excluding carboxylic acids is 1. The van der Waals surface area contributed by atoms with Gasteiger partial charge in [-0.3, -0.25) is 9.59 Å². The van der Waals surface area contributed by atoms with Crippen molar-refractivity contribution in [2.24, 2.45) is 0 Å². The van der Waals surface area contributed by atoms with E-state index in [0.717, 1.165) is 6.42 Å². The van der Waals surface area contributed by atoms with E-state index < -0.39 is 5.97 Å². The van der Waals surface area contributed by atoms with Crippen molar-refractivity contribution in [3.05, 3.63) is 23.8 Å². The highest BCUT2D eigenvalue weighted by Crippen LogP contribution is 2.30. The Morgan fingerprint density at radius 2 is 1.83 bits per heavy atom. The maximum atomic E-state index is 12.6. The first-order chi connectivity index (χ1) is 11.0. The standard InChI is InChI=1S/C16H22N2O5/c1-17(2)6-7-18(11-15(19)20)16(21)12-4-5-13-14(10-12)23-9-3-8-22-13/h4-5,10H,3,6-9,11H2,1-2H3,(H,19,20). The Morgan fingerprint density at radius 3 is 2.48 bits per heavy atom. The normalized spacial score (nSPS) is 13.5. The molecule has 0 spiro atoms. The highest BCUT2D eigenvalue weighted by atomic mass is 16.5. The molecule has 7 heteroatoms. The summed E-state index contributed by atoms with van der Waals surface area (Å²) in [5.74, 6) is -0.232. The second-order valence-corrected chi connectivity index (χ2v) is 5.64. The average molecular weight is 322 g/mol. The van der Waals surface area contributed by atoms with Crippen LogP contribution in [-0.4, -0.2) is 73.7 Å². The van der Waals surface area contributed by atoms with E-state index in [1.165, 1.54) is 4.90 Å². The van der Waals surface area contributed by atoms with Crippen LogP contribution in [0.3, 0.4) is 0 Å². The first-order valence-electron chi connectivity index (χ1n) is 7.53. The summed E-state index contributed by atoms with van der Waals surface area (Å²) < 4.78 is 11.1. The summed E-state index contributed by atoms with van der Waals surface area (Å²) in [5.41, 5.74) is 0.397. The van der Waals surface area contributed by atoms with Crippen molar-refractivity contribution in [3.8, 4) is 11.5 Å². The smallest absolute Gasteiger partial charge is 0.323 e. The Balaban J connectivity index is 2.17. The molecule has 2 rings (SSSR count). The Kier molecular flexibility index (Phi) is 5.81. The lowest BCUT2D eigenvalue weighted by Gasteiger charge is -2.23. The number of carboxylic acids is 1. The molecule has 0 unspecified atom stereocenters. The topological polar surface area (TPSA) is 79.3 Å². The van der Waals surface area contributed by atoms with Gasteiger partial charge in [0.1, 0.15) is 6.54 Å². The molecule has 126 valence electrons. The van der Waals surface area contributed by atoms with Gasteiger partial charge in [0.05, 0.1) is 13.2 Å². The lowest BCUT2D eigenvalue weighted by molar-refractivity contribution is -0.137. The van der Waals surface area contributed by atoms with Gasteiger partial charge in [0.25, 0.3) is 5.91 Å². The number of nitrogens with zero attached hydrogens (tertiary/aromatic N) is 2. The monoisotopic (exact) mass is 322 g/mol. The molecule has 0 aromatic heterocycles. The minimum Gasteiger partial charge on any atom is -0.490 e. The second kappa shape index (κ2) is 7.82. The summed E-state index contributed by atoms with van der Waals surface area (Å²) in [5, 5.41) is 9.02. The van der Waals surface area contributed by atoms with E-state index in [0.29, 0.717) is 43.4 Å². The minimum absolute atomic E-state index is 0.329. The molecule has 7 nitrogen and oxygen atoms in total. The lowest BCUT2D eigenvalue weighted by atomic mass is 10.1. The van der Waals surface area contributed by atoms with E-state index in [-0.39, 0.29) is 12.5 Å². The first-order valence-corrected chi connectivity index (χ1v) is 7.53. The van der Waals surface area contributed by atoms with Crippen molar-refractivity contribution >= 4 is 11.9 Å². The van der Waals surface area contributed by atoms with Crippen LogP contribution in [0.2, 0.25) is 0 Å². The number of aliphatic carboxylic acids is 1. The van der Waals surface area contributed by atoms with Gasteiger partial charge in [-0.25, -0.2) is 0 Å². The predicted molar refractivity (Wildman–Crippen MR) is 84.1 cm³/mol. The molecule has 0 saturated heterocycles. The molecule has 1 amide bonds. The van der Waals surface area contributed by atoms with Crippen molar-refractivity contribution in [2.45, 2.75) is 6.42 Å². The van der Waals surface area contributed by atoms with Gasteiger partial charge in [0.15, 0.2) is 11.5 Å². The molecular weight excluding hydrogens is 300 g/mol. The SMILES string of the molecule is CN(C)CCN(CC(=O)O)C(=O)c1ccc2c(c1)OCCCO2. The van der Waals surface area contributed by atoms with Crippen LogP contribution >= 0.6 is 0 Å². The maximum Gasteiger partial charge on any atom is 0.323 e. The second-order valence-electron chi connectivity index (χ2n) is 5.64. The van der Waals surface area contributed by atoms with Crippen LogP contribution in [0.5, 0.6) is 11.5 Å². The zero-order valence-electron chi connectivity index (χ0n) is 13.4. The van der Waals surface area contributed by atoms with Gasteiger partial charge in [-0.2, -0.15) is 0 Å². The summed E-state index contributed by atoms with van der Waals surface area (Å²) in [6.45, 7) is 1.70. The third-order valence-corrected chi connectivity index (χ3v) is 3.42. The van der Waals surface area contributed by atoms with Crippen molar-refractivity contribution < 1.29 is 24.2 Å². The zero-order chi connectivity index (χ0) is 16.8. The Hall–Kier alpha value is -2.28. The molecule has 0 radical (unpaired) electrons. The van der Waals surface area contributed by atoms with Crippen LogP contribution < -0.4 is 9.47 Å². The fraction of sp³-hybridized carbons (Fsp3) is 0.500. The van der Waals surface area contributed by atoms with Crippen LogP contribution in [-0.2, 0) is 4.79 Å². The number of fused-ring (bicyclic) bond motifs is 1. The largest absolute Gasteiger partial charge is 0.490 e. The van der Waals surface area contributed by atoms with E-state index in [1.54, 1.807) is 18.2 Å². The minimum atomic E-state index is -1.04. The maximum absolute atomic E-state index is 12.6. The number of carbonyl (C=O) groups is 2. The van der Waals surface area contributed by atoms with Gasteiger partial charge in [-0.05, 0) is 32.3 Å². The number of ether oxygens (including phenoxy) is 2. The lowest BCUT2D eigenvalue weighted by Crippen LogP contribution is -2.40. The molecule has 0 aliphatic carbocycles. The number of carboxylic acid groups (broad SMARTS) is 1. The van der Waals surface area contributed by atoms with Crippen LogP contribution in [0.15, 0.2) is 18.2 Å². The van der Waals surface area contributed by atoms with E-state index in [4.69, 9.17) is 14.6 Å². The van der Waals surface area contributed by atoms with Gasteiger partial charge < -0.3 is 24.4 Å². The number of benzene rings is 1. The average Bonchev–Trinajstić information content (AvgIpc) is 2.74. The van der Waals surface area contributed by atoms with Crippen molar-refractivity contribution in [1.82, 2.24) is 9.80 Å². The van der Waals surface area contributed by atoms with Crippen molar-refractivity contribution in [2.75, 3.05) is 46.9 Å². The number of likely N-dealkylation sites (N-methyl/N-ethyl adjacent to an activating group) is 1. The molecule has 0 fully saturated rings. The number of rotatable bonds is 6. The van der Waals surface area contributed by atoms with E-state index in [9.17, 15) is 9.59 Å². The van der Waals surface area contributed by atoms with Gasteiger partial charge in [-0.15, -0.1) is 0 Å². The molecule has 0 bridgehead atoms. The highest BCUT2D eigenvalue weighted by Gasteiger charge is 2.21. The summed E-state index contributed by atoms with van der Waals surface area (Å²) in [6, 6.07) is 4.95. The molecular formula is C16H22N2O5. The number of hydrogen-bond acceptors (Lipinski definition) is 5. The quantitative estimate of drug-likeness (QED) is 0.839. The summed E-state index contributed by atoms with van der Waals surface area (Å²) >= 11 is 0. The van der Waals surface area contributed by atoms with Crippen LogP contribution in [0.25, 0.3) is 0 Å². The molecule has 1 aliphatic rings. The van der Waals surface area contributed by atoms with Crippen LogP contribution in [0.4, 0.5) is 0 Å². The van der Waals surface area contributed by atoms with E-state index in [1.807, 2.05) is 19.0 Å². The third kappa shape index (κ3) is 4.85. The van der Waals surface area contributed by atoms with Crippen LogP contribution in [0.1, 0.15) is 16.8 Å². The van der Waals surface area contributed by atoms with Crippen molar-refractivity contribution in [1.29, 1.82) is 0 Å². The van der Waals surface area contributed by atoms with Gasteiger partial charge in [0.2, 0.25) is 0 Å². The fourth-order valence-corrected chi connectivity index (χ4v) is 2.22. The fourth-order valence-electron chi connectivity index (χ4n) is 2.22. The van der Waals surface area contributed by atoms with E-state index >= 15 is 0 Å². The predicted octanol–water partition coefficient (Wildman–Crippen LogP) is 0.936. The highest BCUT2D eigenvalue weighted by molar-refractivity contribution is 5.96. The summed E-state index contributed by atoms with van der Waals surface area (Å²) in [7, 11) is 3.74. The van der Waals surface area contributed by atoms with Gasteiger partial charge in [0, 0.05) is 25.1 Å². The molecule has 1 N–H and O–H groups in total. The van der Waals surface area contributed by atoms with Gasteiger partial charge in [-0.1, -0.05) is 0 Å². The third-order valence-electron chi connectivity index (χ3n) is 3.42. The molecule has 0 atom stereocenters. The van der Waals surface area contributed by atoms with E-state index in [2.05, 4.69) is 0 Å². The molecule has 1 aromatic carbocycles. The molecule has 1 aliphatic heterocycles. The summed E-state index contributed by atoms with van der Waals surface area (Å²) in [4.78, 5) is 26.8. The van der Waals surface area contributed by atoms with Gasteiger partial charge >= 0.3 is 5.97 Å². The molecule has 23 heavy (non-hydrogen) atoms. The first kappa shape index (κ1) is 17.1. The zero-order valence-corrected chi connectivity index (χ0v) is 13.4. The molecule has 0 saturated carbocycles. The number of amides is 1. The Morgan fingerprint density at radius 1 is 1.13 bits per heavy atom. The van der Waals surface area contributed by atoms with Crippen LogP contribution in [0, 0.1) is 0 Å². The molecule has 1 heterocycles. The number of hydrogen-bond donors (Lipinski definition) is 1. The Bertz CT molecular complexity index is 574. The summed E-state index contributed by atoms with van der Waals surface area (Å²) in [6.07, 6.45) is 0.784. The van der Waals surface area contributed by atoms with Crippen molar-refractivity contribution in [3.63, 3.8) is 0 Å². The Labute approximate surface area is 135 Å².